The smallest absolute Gasteiger partial charge is 0.410 e. The Kier molecular flexibility index (Phi) is 5.43. The van der Waals surface area contributed by atoms with Crippen molar-refractivity contribution in [3.05, 3.63) is 46.3 Å². The maximum Gasteiger partial charge on any atom is 0.410 e. The van der Waals surface area contributed by atoms with Gasteiger partial charge in [-0.05, 0) is 23.9 Å². The van der Waals surface area contributed by atoms with Crippen molar-refractivity contribution in [3.63, 3.8) is 0 Å². The highest BCUT2D eigenvalue weighted by Crippen LogP contribution is 2.16. The number of aliphatic hydroxyl groups is 1. The van der Waals surface area contributed by atoms with Crippen LogP contribution in [0, 0.1) is 0 Å². The van der Waals surface area contributed by atoms with Crippen LogP contribution in [0.4, 0.5) is 4.79 Å². The van der Waals surface area contributed by atoms with E-state index in [1.807, 2.05) is 30.3 Å². The molecule has 0 bridgehead atoms. The minimum Gasteiger partial charge on any atom is -0.445 e. The number of likely N-dealkylation sites (tertiary alicyclic amines) is 1. The molecule has 1 aliphatic heterocycles. The summed E-state index contributed by atoms with van der Waals surface area (Å²) in [6.07, 6.45) is -0.00973. The number of hydrogen-bond acceptors (Lipinski definition) is 4. The van der Waals surface area contributed by atoms with E-state index >= 15 is 0 Å². The van der Waals surface area contributed by atoms with Crippen molar-refractivity contribution < 1.29 is 14.6 Å². The molecule has 1 N–H and O–H groups in total. The molecule has 7 heteroatoms. The first-order valence-corrected chi connectivity index (χ1v) is 6.88. The van der Waals surface area contributed by atoms with Crippen LogP contribution in [-0.2, 0) is 11.3 Å². The van der Waals surface area contributed by atoms with Gasteiger partial charge in [0.25, 0.3) is 0 Å². The summed E-state index contributed by atoms with van der Waals surface area (Å²) in [5.74, 6) is 0. The molecule has 1 heterocycles. The van der Waals surface area contributed by atoms with Crippen molar-refractivity contribution in [2.45, 2.75) is 31.6 Å². The van der Waals surface area contributed by atoms with E-state index in [-0.39, 0.29) is 13.2 Å². The fraction of sp³-hybridized carbons (Fsp3) is 0.500. The molecule has 1 aliphatic rings. The average molecular weight is 290 g/mol. The highest BCUT2D eigenvalue weighted by molar-refractivity contribution is 5.67. The van der Waals surface area contributed by atoms with Gasteiger partial charge in [0.2, 0.25) is 0 Å². The lowest BCUT2D eigenvalue weighted by Gasteiger charge is -2.22. The third-order valence-electron chi connectivity index (χ3n) is 3.44. The summed E-state index contributed by atoms with van der Waals surface area (Å²) in [6.45, 7) is 0.867. The van der Waals surface area contributed by atoms with Gasteiger partial charge in [-0.1, -0.05) is 35.4 Å². The van der Waals surface area contributed by atoms with Gasteiger partial charge in [-0.25, -0.2) is 4.79 Å². The fourth-order valence-corrected chi connectivity index (χ4v) is 2.28. The zero-order chi connectivity index (χ0) is 15.1. The second-order valence-corrected chi connectivity index (χ2v) is 4.97. The summed E-state index contributed by atoms with van der Waals surface area (Å²) < 4.78 is 5.26. The summed E-state index contributed by atoms with van der Waals surface area (Å²) in [5.41, 5.74) is 9.43. The molecule has 0 radical (unpaired) electrons. The molecule has 1 saturated heterocycles. The summed E-state index contributed by atoms with van der Waals surface area (Å²) in [6, 6.07) is 8.78. The maximum absolute atomic E-state index is 12.1. The molecule has 1 amide bonds. The van der Waals surface area contributed by atoms with E-state index in [1.165, 1.54) is 4.90 Å². The molecule has 1 aromatic carbocycles. The van der Waals surface area contributed by atoms with Gasteiger partial charge in [-0.15, -0.1) is 0 Å². The van der Waals surface area contributed by atoms with Gasteiger partial charge in [0.05, 0.1) is 12.1 Å². The second kappa shape index (κ2) is 7.52. The van der Waals surface area contributed by atoms with E-state index in [2.05, 4.69) is 10.0 Å². The van der Waals surface area contributed by atoms with Crippen molar-refractivity contribution >= 4 is 6.09 Å². The van der Waals surface area contributed by atoms with Gasteiger partial charge in [0.1, 0.15) is 6.61 Å². The number of rotatable bonds is 3. The molecule has 0 aromatic heterocycles. The van der Waals surface area contributed by atoms with E-state index in [0.717, 1.165) is 5.56 Å². The monoisotopic (exact) mass is 290 g/mol. The van der Waals surface area contributed by atoms with Crippen molar-refractivity contribution in [2.75, 3.05) is 13.1 Å². The second-order valence-electron chi connectivity index (χ2n) is 4.97. The number of azide groups is 1. The Morgan fingerprint density at radius 1 is 1.48 bits per heavy atom. The van der Waals surface area contributed by atoms with E-state index in [0.29, 0.717) is 19.4 Å². The van der Waals surface area contributed by atoms with Gasteiger partial charge in [-0.2, -0.15) is 0 Å². The molecule has 0 saturated carbocycles. The van der Waals surface area contributed by atoms with Crippen LogP contribution >= 0.6 is 0 Å². The lowest BCUT2D eigenvalue weighted by molar-refractivity contribution is 0.0905. The fourth-order valence-electron chi connectivity index (χ4n) is 2.28. The van der Waals surface area contributed by atoms with Gasteiger partial charge in [0.15, 0.2) is 0 Å². The predicted octanol–water partition coefficient (Wildman–Crippen LogP) is 2.46. The Hall–Kier alpha value is -2.24. The summed E-state index contributed by atoms with van der Waals surface area (Å²) in [4.78, 5) is 16.3. The quantitative estimate of drug-likeness (QED) is 0.526. The van der Waals surface area contributed by atoms with Crippen molar-refractivity contribution in [1.82, 2.24) is 4.90 Å². The normalized spacial score (nSPS) is 22.0. The number of benzene rings is 1. The first-order valence-electron chi connectivity index (χ1n) is 6.88. The van der Waals surface area contributed by atoms with E-state index in [1.54, 1.807) is 0 Å². The van der Waals surface area contributed by atoms with Crippen LogP contribution in [0.3, 0.4) is 0 Å². The summed E-state index contributed by atoms with van der Waals surface area (Å²) in [7, 11) is 0. The molecule has 1 unspecified atom stereocenters. The highest BCUT2D eigenvalue weighted by atomic mass is 16.6. The van der Waals surface area contributed by atoms with Crippen LogP contribution in [0.2, 0.25) is 0 Å². The van der Waals surface area contributed by atoms with Crippen molar-refractivity contribution in [1.29, 1.82) is 0 Å². The molecule has 21 heavy (non-hydrogen) atoms. The zero-order valence-corrected chi connectivity index (χ0v) is 11.6. The Morgan fingerprint density at radius 3 is 2.95 bits per heavy atom. The lowest BCUT2D eigenvalue weighted by atomic mass is 10.1. The zero-order valence-electron chi connectivity index (χ0n) is 11.6. The van der Waals surface area contributed by atoms with Crippen molar-refractivity contribution in [3.8, 4) is 0 Å². The summed E-state index contributed by atoms with van der Waals surface area (Å²) in [5, 5.41) is 13.4. The molecular formula is C14H18N4O3. The van der Waals surface area contributed by atoms with Crippen LogP contribution in [0.5, 0.6) is 0 Å². The largest absolute Gasteiger partial charge is 0.445 e. The molecular weight excluding hydrogens is 272 g/mol. The van der Waals surface area contributed by atoms with Crippen LogP contribution in [0.1, 0.15) is 18.4 Å². The van der Waals surface area contributed by atoms with Crippen LogP contribution < -0.4 is 0 Å². The highest BCUT2D eigenvalue weighted by Gasteiger charge is 2.28. The van der Waals surface area contributed by atoms with Crippen molar-refractivity contribution in [2.24, 2.45) is 5.11 Å². The van der Waals surface area contributed by atoms with E-state index < -0.39 is 18.2 Å². The standard InChI is InChI=1S/C14H18N4O3/c15-17-16-12-9-18(8-4-7-13(12)19)14(20)21-10-11-5-2-1-3-6-11/h1-3,5-6,12-13,19H,4,7-10H2/t12?,13-/m0/s1. The number of ether oxygens (including phenoxy) is 1. The predicted molar refractivity (Wildman–Crippen MR) is 76.4 cm³/mol. The maximum atomic E-state index is 12.1. The molecule has 1 fully saturated rings. The molecule has 0 spiro atoms. The van der Waals surface area contributed by atoms with Gasteiger partial charge < -0.3 is 14.7 Å². The minimum absolute atomic E-state index is 0.179. The average Bonchev–Trinajstić information content (AvgIpc) is 2.69. The number of carbonyl (C=O) groups is 1. The molecule has 7 nitrogen and oxygen atoms in total. The SMILES string of the molecule is [N-]=[N+]=NC1CN(C(=O)OCc2ccccc2)CCC[C@@H]1O. The molecule has 1 aromatic rings. The Balaban J connectivity index is 1.93. The third-order valence-corrected chi connectivity index (χ3v) is 3.44. The first-order chi connectivity index (χ1) is 10.2. The molecule has 2 rings (SSSR count). The molecule has 0 aliphatic carbocycles. The lowest BCUT2D eigenvalue weighted by Crippen LogP contribution is -2.38. The van der Waals surface area contributed by atoms with E-state index in [9.17, 15) is 9.90 Å². The topological polar surface area (TPSA) is 98.5 Å². The number of nitrogens with zero attached hydrogens (tertiary/aromatic N) is 4. The number of carbonyl (C=O) groups excluding carboxylic acids is 1. The molecule has 112 valence electrons. The van der Waals surface area contributed by atoms with Crippen LogP contribution in [0.15, 0.2) is 35.4 Å². The molecule has 2 atom stereocenters. The minimum atomic E-state index is -0.715. The summed E-state index contributed by atoms with van der Waals surface area (Å²) >= 11 is 0. The Labute approximate surface area is 122 Å². The van der Waals surface area contributed by atoms with E-state index in [4.69, 9.17) is 10.3 Å². The third kappa shape index (κ3) is 4.37. The first kappa shape index (κ1) is 15.2. The number of aliphatic hydroxyl groups excluding tert-OH is 1. The van der Waals surface area contributed by atoms with Crippen LogP contribution in [0.25, 0.3) is 10.4 Å². The van der Waals surface area contributed by atoms with Gasteiger partial charge in [-0.3, -0.25) is 0 Å². The Bertz CT molecular complexity index is 516. The van der Waals surface area contributed by atoms with Gasteiger partial charge in [0, 0.05) is 18.0 Å². The van der Waals surface area contributed by atoms with Crippen LogP contribution in [-0.4, -0.2) is 41.3 Å². The Morgan fingerprint density at radius 2 is 2.24 bits per heavy atom. The number of hydrogen-bond donors (Lipinski definition) is 1. The number of amides is 1. The van der Waals surface area contributed by atoms with Gasteiger partial charge >= 0.3 is 6.09 Å².